The molecule has 1 aliphatic rings. The number of hydrogen-bond donors (Lipinski definition) is 1. The summed E-state index contributed by atoms with van der Waals surface area (Å²) in [7, 11) is 0. The lowest BCUT2D eigenvalue weighted by molar-refractivity contribution is 0.0798. The van der Waals surface area contributed by atoms with E-state index in [-0.39, 0.29) is 6.10 Å². The van der Waals surface area contributed by atoms with E-state index < -0.39 is 0 Å². The molecule has 0 amide bonds. The van der Waals surface area contributed by atoms with Crippen LogP contribution in [0.25, 0.3) is 0 Å². The molecule has 1 unspecified atom stereocenters. The predicted molar refractivity (Wildman–Crippen MR) is 41.9 cm³/mol. The van der Waals surface area contributed by atoms with Gasteiger partial charge in [0.15, 0.2) is 0 Å². The Bertz CT molecular complexity index is 285. The Labute approximate surface area is 65.2 Å². The van der Waals surface area contributed by atoms with E-state index in [1.807, 2.05) is 13.0 Å². The van der Waals surface area contributed by atoms with E-state index in [4.69, 9.17) is 10.5 Å². The maximum atomic E-state index is 5.67. The van der Waals surface area contributed by atoms with Crippen molar-refractivity contribution in [1.29, 1.82) is 0 Å². The Morgan fingerprint density at radius 2 is 2.55 bits per heavy atom. The SMILES string of the molecule is CC1OCc2ccnc(N)c21. The van der Waals surface area contributed by atoms with Crippen LogP contribution in [-0.2, 0) is 11.3 Å². The van der Waals surface area contributed by atoms with Crippen LogP contribution in [0.3, 0.4) is 0 Å². The minimum atomic E-state index is 0.110. The van der Waals surface area contributed by atoms with E-state index in [9.17, 15) is 0 Å². The Kier molecular flexibility index (Phi) is 1.32. The highest BCUT2D eigenvalue weighted by atomic mass is 16.5. The van der Waals surface area contributed by atoms with Gasteiger partial charge in [-0.2, -0.15) is 0 Å². The number of nitrogens with zero attached hydrogens (tertiary/aromatic N) is 1. The van der Waals surface area contributed by atoms with Gasteiger partial charge < -0.3 is 10.5 Å². The molecule has 0 fully saturated rings. The summed E-state index contributed by atoms with van der Waals surface area (Å²) in [5, 5.41) is 0. The van der Waals surface area contributed by atoms with Crippen LogP contribution in [0.15, 0.2) is 12.3 Å². The molecule has 0 aliphatic carbocycles. The number of pyridine rings is 1. The first-order valence-electron chi connectivity index (χ1n) is 3.64. The molecule has 0 aromatic carbocycles. The van der Waals surface area contributed by atoms with E-state index in [0.717, 1.165) is 5.56 Å². The van der Waals surface area contributed by atoms with E-state index in [1.54, 1.807) is 6.20 Å². The van der Waals surface area contributed by atoms with Crippen LogP contribution in [0.1, 0.15) is 24.2 Å². The average Bonchev–Trinajstić information content (AvgIpc) is 2.34. The fraction of sp³-hybridized carbons (Fsp3) is 0.375. The molecule has 0 bridgehead atoms. The van der Waals surface area contributed by atoms with Gasteiger partial charge >= 0.3 is 0 Å². The first-order chi connectivity index (χ1) is 5.29. The number of hydrogen-bond acceptors (Lipinski definition) is 3. The molecule has 0 saturated heterocycles. The van der Waals surface area contributed by atoms with Gasteiger partial charge in [-0.05, 0) is 18.6 Å². The largest absolute Gasteiger partial charge is 0.383 e. The van der Waals surface area contributed by atoms with Crippen molar-refractivity contribution < 1.29 is 4.74 Å². The molecule has 1 aromatic rings. The van der Waals surface area contributed by atoms with Gasteiger partial charge in [0.05, 0.1) is 12.7 Å². The normalized spacial score (nSPS) is 21.7. The summed E-state index contributed by atoms with van der Waals surface area (Å²) < 4.78 is 5.38. The van der Waals surface area contributed by atoms with Crippen molar-refractivity contribution in [2.45, 2.75) is 19.6 Å². The maximum Gasteiger partial charge on any atom is 0.129 e. The van der Waals surface area contributed by atoms with E-state index in [2.05, 4.69) is 4.98 Å². The van der Waals surface area contributed by atoms with Crippen LogP contribution in [0.4, 0.5) is 5.82 Å². The fourth-order valence-corrected chi connectivity index (χ4v) is 1.42. The highest BCUT2D eigenvalue weighted by molar-refractivity contribution is 5.47. The number of fused-ring (bicyclic) bond motifs is 1. The van der Waals surface area contributed by atoms with Gasteiger partial charge in [-0.1, -0.05) is 0 Å². The lowest BCUT2D eigenvalue weighted by atomic mass is 10.1. The van der Waals surface area contributed by atoms with Crippen LogP contribution < -0.4 is 5.73 Å². The number of rotatable bonds is 0. The number of ether oxygens (including phenoxy) is 1. The molecule has 2 N–H and O–H groups in total. The van der Waals surface area contributed by atoms with E-state index >= 15 is 0 Å². The molecule has 0 radical (unpaired) electrons. The van der Waals surface area contributed by atoms with Crippen LogP contribution in [0, 0.1) is 0 Å². The third-order valence-corrected chi connectivity index (χ3v) is 2.01. The van der Waals surface area contributed by atoms with E-state index in [1.165, 1.54) is 5.56 Å². The monoisotopic (exact) mass is 150 g/mol. The van der Waals surface area contributed by atoms with Gasteiger partial charge in [-0.15, -0.1) is 0 Å². The standard InChI is InChI=1S/C8H10N2O/c1-5-7-6(4-11-5)2-3-10-8(7)9/h2-3,5H,4H2,1H3,(H2,9,10). The Hall–Kier alpha value is -1.09. The van der Waals surface area contributed by atoms with Crippen LogP contribution in [-0.4, -0.2) is 4.98 Å². The molecule has 58 valence electrons. The second-order valence-corrected chi connectivity index (χ2v) is 2.72. The summed E-state index contributed by atoms with van der Waals surface area (Å²) in [4.78, 5) is 4.00. The highest BCUT2D eigenvalue weighted by Crippen LogP contribution is 2.32. The summed E-state index contributed by atoms with van der Waals surface area (Å²) in [6, 6.07) is 1.95. The molecule has 0 saturated carbocycles. The van der Waals surface area contributed by atoms with Crippen molar-refractivity contribution in [2.75, 3.05) is 5.73 Å². The van der Waals surface area contributed by atoms with Gasteiger partial charge in [0.1, 0.15) is 5.82 Å². The molecule has 3 nitrogen and oxygen atoms in total. The Morgan fingerprint density at radius 3 is 3.27 bits per heavy atom. The lowest BCUT2D eigenvalue weighted by Crippen LogP contribution is -1.98. The molecule has 2 rings (SSSR count). The first-order valence-corrected chi connectivity index (χ1v) is 3.64. The maximum absolute atomic E-state index is 5.67. The van der Waals surface area contributed by atoms with Crippen LogP contribution in [0.2, 0.25) is 0 Å². The van der Waals surface area contributed by atoms with Gasteiger partial charge in [0, 0.05) is 11.8 Å². The third kappa shape index (κ3) is 0.886. The fourth-order valence-electron chi connectivity index (χ4n) is 1.42. The predicted octanol–water partition coefficient (Wildman–Crippen LogP) is 1.26. The number of anilines is 1. The number of nitrogens with two attached hydrogens (primary N) is 1. The first kappa shape index (κ1) is 6.61. The van der Waals surface area contributed by atoms with Crippen molar-refractivity contribution in [3.63, 3.8) is 0 Å². The molecule has 1 aliphatic heterocycles. The van der Waals surface area contributed by atoms with Crippen molar-refractivity contribution in [3.8, 4) is 0 Å². The van der Waals surface area contributed by atoms with Crippen molar-refractivity contribution in [2.24, 2.45) is 0 Å². The van der Waals surface area contributed by atoms with Gasteiger partial charge in [0.2, 0.25) is 0 Å². The topological polar surface area (TPSA) is 48.1 Å². The average molecular weight is 150 g/mol. The smallest absolute Gasteiger partial charge is 0.129 e. The summed E-state index contributed by atoms with van der Waals surface area (Å²) in [5.74, 6) is 0.604. The van der Waals surface area contributed by atoms with Crippen LogP contribution >= 0.6 is 0 Å². The quantitative estimate of drug-likeness (QED) is 0.605. The molecule has 3 heteroatoms. The molecular formula is C8H10N2O. The zero-order chi connectivity index (χ0) is 7.84. The molecule has 1 atom stereocenters. The minimum Gasteiger partial charge on any atom is -0.383 e. The molecule has 1 aromatic heterocycles. The molecule has 11 heavy (non-hydrogen) atoms. The molecule has 2 heterocycles. The summed E-state index contributed by atoms with van der Waals surface area (Å²) in [6.45, 7) is 2.66. The molecule has 0 spiro atoms. The summed E-state index contributed by atoms with van der Waals surface area (Å²) >= 11 is 0. The van der Waals surface area contributed by atoms with Crippen molar-refractivity contribution >= 4 is 5.82 Å². The molecular weight excluding hydrogens is 140 g/mol. The van der Waals surface area contributed by atoms with Gasteiger partial charge in [0.25, 0.3) is 0 Å². The van der Waals surface area contributed by atoms with Crippen molar-refractivity contribution in [1.82, 2.24) is 4.98 Å². The highest BCUT2D eigenvalue weighted by Gasteiger charge is 2.21. The van der Waals surface area contributed by atoms with Gasteiger partial charge in [-0.25, -0.2) is 4.98 Å². The zero-order valence-corrected chi connectivity index (χ0v) is 6.37. The van der Waals surface area contributed by atoms with Crippen molar-refractivity contribution in [3.05, 3.63) is 23.4 Å². The summed E-state index contributed by atoms with van der Waals surface area (Å²) in [6.07, 6.45) is 1.83. The third-order valence-electron chi connectivity index (χ3n) is 2.01. The number of aromatic nitrogens is 1. The lowest BCUT2D eigenvalue weighted by Gasteiger charge is -2.04. The minimum absolute atomic E-state index is 0.110. The number of nitrogen functional groups attached to an aromatic ring is 1. The van der Waals surface area contributed by atoms with E-state index in [0.29, 0.717) is 12.4 Å². The second kappa shape index (κ2) is 2.20. The van der Waals surface area contributed by atoms with Crippen LogP contribution in [0.5, 0.6) is 0 Å². The second-order valence-electron chi connectivity index (χ2n) is 2.72. The summed E-state index contributed by atoms with van der Waals surface area (Å²) in [5.41, 5.74) is 7.90. The van der Waals surface area contributed by atoms with Gasteiger partial charge in [-0.3, -0.25) is 0 Å². The Balaban J connectivity index is 2.58. The Morgan fingerprint density at radius 1 is 1.73 bits per heavy atom. The zero-order valence-electron chi connectivity index (χ0n) is 6.37.